The number of anilines is 3. The quantitative estimate of drug-likeness (QED) is 0.763. The van der Waals surface area contributed by atoms with Crippen LogP contribution in [0.1, 0.15) is 0 Å². The van der Waals surface area contributed by atoms with E-state index < -0.39 is 0 Å². The monoisotopic (exact) mass is 311 g/mol. The van der Waals surface area contributed by atoms with Crippen LogP contribution in [0.3, 0.4) is 0 Å². The van der Waals surface area contributed by atoms with Crippen LogP contribution >= 0.6 is 11.6 Å². The molecule has 0 amide bonds. The van der Waals surface area contributed by atoms with Crippen LogP contribution in [0.25, 0.3) is 11.3 Å². The van der Waals surface area contributed by atoms with Gasteiger partial charge >= 0.3 is 0 Å². The van der Waals surface area contributed by atoms with Crippen molar-refractivity contribution in [3.8, 4) is 11.3 Å². The Morgan fingerprint density at radius 1 is 1.00 bits per heavy atom. The van der Waals surface area contributed by atoms with Crippen LogP contribution in [0.15, 0.2) is 54.9 Å². The van der Waals surface area contributed by atoms with Gasteiger partial charge in [0.2, 0.25) is 5.95 Å². The molecule has 0 aliphatic rings. The van der Waals surface area contributed by atoms with E-state index in [1.807, 2.05) is 42.5 Å². The molecule has 0 saturated heterocycles. The summed E-state index contributed by atoms with van der Waals surface area (Å²) in [6.07, 6.45) is 3.47. The summed E-state index contributed by atoms with van der Waals surface area (Å²) in [7, 11) is 1.78. The molecule has 0 aliphatic carbocycles. The van der Waals surface area contributed by atoms with Crippen molar-refractivity contribution in [1.82, 2.24) is 15.0 Å². The number of hydrogen-bond donors (Lipinski definition) is 2. The number of rotatable bonds is 4. The molecule has 0 unspecified atom stereocenters. The number of benzene rings is 1. The van der Waals surface area contributed by atoms with Gasteiger partial charge in [-0.15, -0.1) is 0 Å². The second-order valence-corrected chi connectivity index (χ2v) is 4.96. The molecule has 2 heterocycles. The van der Waals surface area contributed by atoms with Gasteiger partial charge in [0.1, 0.15) is 5.82 Å². The van der Waals surface area contributed by atoms with Crippen molar-refractivity contribution in [3.63, 3.8) is 0 Å². The van der Waals surface area contributed by atoms with Crippen molar-refractivity contribution in [3.05, 3.63) is 59.9 Å². The summed E-state index contributed by atoms with van der Waals surface area (Å²) in [5, 5.41) is 6.82. The maximum atomic E-state index is 6.17. The van der Waals surface area contributed by atoms with Gasteiger partial charge < -0.3 is 10.6 Å². The molecule has 0 saturated carbocycles. The molecule has 6 heteroatoms. The van der Waals surface area contributed by atoms with E-state index in [0.29, 0.717) is 16.8 Å². The maximum absolute atomic E-state index is 6.17. The van der Waals surface area contributed by atoms with Gasteiger partial charge in [0.15, 0.2) is 0 Å². The van der Waals surface area contributed by atoms with Crippen molar-refractivity contribution in [2.75, 3.05) is 17.7 Å². The lowest BCUT2D eigenvalue weighted by Crippen LogP contribution is -2.02. The fourth-order valence-corrected chi connectivity index (χ4v) is 2.18. The third-order valence-corrected chi connectivity index (χ3v) is 3.39. The van der Waals surface area contributed by atoms with Crippen molar-refractivity contribution in [2.45, 2.75) is 0 Å². The molecule has 0 spiro atoms. The first-order chi connectivity index (χ1) is 10.8. The smallest absolute Gasteiger partial charge is 0.224 e. The van der Waals surface area contributed by atoms with E-state index in [1.54, 1.807) is 19.4 Å². The zero-order chi connectivity index (χ0) is 15.4. The number of aromatic nitrogens is 3. The average Bonchev–Trinajstić information content (AvgIpc) is 2.57. The minimum absolute atomic E-state index is 0.531. The van der Waals surface area contributed by atoms with E-state index >= 15 is 0 Å². The molecule has 0 atom stereocenters. The Kier molecular flexibility index (Phi) is 4.16. The highest BCUT2D eigenvalue weighted by atomic mass is 35.5. The lowest BCUT2D eigenvalue weighted by molar-refractivity contribution is 1.15. The first-order valence-corrected chi connectivity index (χ1v) is 7.13. The second kappa shape index (κ2) is 6.41. The topological polar surface area (TPSA) is 62.7 Å². The van der Waals surface area contributed by atoms with E-state index in [9.17, 15) is 0 Å². The summed E-state index contributed by atoms with van der Waals surface area (Å²) in [6.45, 7) is 0. The molecule has 0 aliphatic heterocycles. The molecule has 5 nitrogen and oxygen atoms in total. The molecule has 1 aromatic carbocycles. The summed E-state index contributed by atoms with van der Waals surface area (Å²) >= 11 is 6.17. The molecule has 3 aromatic rings. The van der Waals surface area contributed by atoms with E-state index in [4.69, 9.17) is 11.6 Å². The fourth-order valence-electron chi connectivity index (χ4n) is 1.99. The van der Waals surface area contributed by atoms with E-state index in [-0.39, 0.29) is 0 Å². The highest BCUT2D eigenvalue weighted by Gasteiger charge is 2.07. The van der Waals surface area contributed by atoms with Gasteiger partial charge in [-0.1, -0.05) is 23.7 Å². The van der Waals surface area contributed by atoms with Crippen LogP contribution in [-0.4, -0.2) is 22.0 Å². The summed E-state index contributed by atoms with van der Waals surface area (Å²) < 4.78 is 0. The first-order valence-electron chi connectivity index (χ1n) is 6.75. The van der Waals surface area contributed by atoms with Crippen LogP contribution in [0.4, 0.5) is 17.5 Å². The van der Waals surface area contributed by atoms with Crippen molar-refractivity contribution in [2.24, 2.45) is 0 Å². The number of nitrogens with one attached hydrogen (secondary N) is 2. The van der Waals surface area contributed by atoms with E-state index in [0.717, 1.165) is 16.9 Å². The Morgan fingerprint density at radius 2 is 1.77 bits per heavy atom. The molecule has 22 heavy (non-hydrogen) atoms. The number of hydrogen-bond acceptors (Lipinski definition) is 5. The van der Waals surface area contributed by atoms with Crippen LogP contribution < -0.4 is 10.6 Å². The van der Waals surface area contributed by atoms with Gasteiger partial charge in [-0.2, -0.15) is 4.98 Å². The second-order valence-electron chi connectivity index (χ2n) is 4.55. The van der Waals surface area contributed by atoms with Gasteiger partial charge in [0, 0.05) is 31.1 Å². The Hall–Kier alpha value is -2.66. The molecule has 0 bridgehead atoms. The third-order valence-electron chi connectivity index (χ3n) is 3.06. The van der Waals surface area contributed by atoms with Crippen LogP contribution in [-0.2, 0) is 0 Å². The van der Waals surface area contributed by atoms with Crippen LogP contribution in [0.2, 0.25) is 5.02 Å². The Balaban J connectivity index is 2.00. The van der Waals surface area contributed by atoms with Crippen LogP contribution in [0, 0.1) is 0 Å². The molecule has 110 valence electrons. The number of para-hydroxylation sites is 1. The third kappa shape index (κ3) is 3.15. The number of pyridine rings is 1. The lowest BCUT2D eigenvalue weighted by Gasteiger charge is -2.11. The highest BCUT2D eigenvalue weighted by molar-refractivity contribution is 6.33. The highest BCUT2D eigenvalue weighted by Crippen LogP contribution is 2.26. The minimum atomic E-state index is 0.531. The Morgan fingerprint density at radius 3 is 2.50 bits per heavy atom. The predicted octanol–water partition coefficient (Wildman–Crippen LogP) is 3.98. The number of nitrogens with zero attached hydrogens (tertiary/aromatic N) is 3. The molecule has 0 radical (unpaired) electrons. The van der Waals surface area contributed by atoms with Gasteiger partial charge in [-0.05, 0) is 24.3 Å². The first kappa shape index (κ1) is 14.3. The molecule has 2 aromatic heterocycles. The summed E-state index contributed by atoms with van der Waals surface area (Å²) in [6, 6.07) is 13.2. The summed E-state index contributed by atoms with van der Waals surface area (Å²) in [4.78, 5) is 12.9. The molecular weight excluding hydrogens is 298 g/mol. The van der Waals surface area contributed by atoms with E-state index in [2.05, 4.69) is 25.6 Å². The van der Waals surface area contributed by atoms with Gasteiger partial charge in [0.25, 0.3) is 0 Å². The van der Waals surface area contributed by atoms with Gasteiger partial charge in [-0.25, -0.2) is 4.98 Å². The normalized spacial score (nSPS) is 10.3. The summed E-state index contributed by atoms with van der Waals surface area (Å²) in [5.41, 5.74) is 2.57. The fraction of sp³-hybridized carbons (Fsp3) is 0.0625. The molecule has 3 rings (SSSR count). The average molecular weight is 312 g/mol. The SMILES string of the molecule is CNc1nc(Nc2ccccc2Cl)cc(-c2ccncc2)n1. The Bertz CT molecular complexity index is 776. The predicted molar refractivity (Wildman–Crippen MR) is 89.5 cm³/mol. The van der Waals surface area contributed by atoms with Crippen molar-refractivity contribution < 1.29 is 0 Å². The number of halogens is 1. The zero-order valence-electron chi connectivity index (χ0n) is 11.9. The minimum Gasteiger partial charge on any atom is -0.357 e. The molecule has 0 fully saturated rings. The zero-order valence-corrected chi connectivity index (χ0v) is 12.7. The largest absolute Gasteiger partial charge is 0.357 e. The van der Waals surface area contributed by atoms with Gasteiger partial charge in [-0.3, -0.25) is 4.98 Å². The van der Waals surface area contributed by atoms with Crippen LogP contribution in [0.5, 0.6) is 0 Å². The van der Waals surface area contributed by atoms with Crippen molar-refractivity contribution in [1.29, 1.82) is 0 Å². The lowest BCUT2D eigenvalue weighted by atomic mass is 10.2. The van der Waals surface area contributed by atoms with Crippen molar-refractivity contribution >= 4 is 29.1 Å². The van der Waals surface area contributed by atoms with E-state index in [1.165, 1.54) is 0 Å². The Labute approximate surface area is 133 Å². The van der Waals surface area contributed by atoms with Gasteiger partial charge in [0.05, 0.1) is 16.4 Å². The maximum Gasteiger partial charge on any atom is 0.224 e. The molecular formula is C16H14ClN5. The standard InChI is InChI=1S/C16H14ClN5/c1-18-16-21-14(11-6-8-19-9-7-11)10-15(22-16)20-13-5-3-2-4-12(13)17/h2-10H,1H3,(H2,18,20,21,22). The summed E-state index contributed by atoms with van der Waals surface area (Å²) in [5.74, 6) is 1.20. The molecule has 2 N–H and O–H groups in total.